The molecule has 0 unspecified atom stereocenters. The number of aryl methyl sites for hydroxylation is 2. The fraction of sp³-hybridized carbons (Fsp3) is 0.769. The van der Waals surface area contributed by atoms with Gasteiger partial charge in [0.2, 0.25) is 0 Å². The lowest BCUT2D eigenvalue weighted by atomic mass is 10.1. The number of hydrogen-bond donors (Lipinski definition) is 1. The van der Waals surface area contributed by atoms with Gasteiger partial charge in [0.1, 0.15) is 5.76 Å². The minimum absolute atomic E-state index is 0.673. The van der Waals surface area contributed by atoms with E-state index in [1.807, 2.05) is 13.8 Å². The molecular formula is C13H22N2O. The normalized spacial score (nSPS) is 18.6. The lowest BCUT2D eigenvalue weighted by Gasteiger charge is -2.15. The average Bonchev–Trinajstić information content (AvgIpc) is 2.48. The number of aromatic nitrogens is 1. The van der Waals surface area contributed by atoms with Gasteiger partial charge in [0.05, 0.1) is 12.2 Å². The van der Waals surface area contributed by atoms with Crippen LogP contribution in [0.15, 0.2) is 4.42 Å². The summed E-state index contributed by atoms with van der Waals surface area (Å²) in [5.41, 5.74) is 1.03. The third-order valence-electron chi connectivity index (χ3n) is 3.41. The van der Waals surface area contributed by atoms with Gasteiger partial charge < -0.3 is 9.73 Å². The number of oxazole rings is 1. The highest BCUT2D eigenvalue weighted by Gasteiger charge is 2.13. The van der Waals surface area contributed by atoms with Crippen LogP contribution >= 0.6 is 0 Å². The van der Waals surface area contributed by atoms with Crippen LogP contribution in [0.1, 0.15) is 55.9 Å². The standard InChI is InChI=1S/C13H22N2O/c1-10-13(16-11(2)15-10)9-14-12-7-5-3-4-6-8-12/h12,14H,3-9H2,1-2H3. The van der Waals surface area contributed by atoms with Gasteiger partial charge in [-0.05, 0) is 19.8 Å². The second kappa shape index (κ2) is 5.48. The Balaban J connectivity index is 1.84. The molecule has 0 aromatic carbocycles. The van der Waals surface area contributed by atoms with Gasteiger partial charge in [-0.2, -0.15) is 0 Å². The average molecular weight is 222 g/mol. The number of nitrogens with zero attached hydrogens (tertiary/aromatic N) is 1. The van der Waals surface area contributed by atoms with Gasteiger partial charge >= 0.3 is 0 Å². The molecule has 90 valence electrons. The zero-order valence-electron chi connectivity index (χ0n) is 10.4. The van der Waals surface area contributed by atoms with Crippen LogP contribution in [-0.2, 0) is 6.54 Å². The molecule has 0 bridgehead atoms. The molecule has 1 N–H and O–H groups in total. The molecule has 2 rings (SSSR count). The van der Waals surface area contributed by atoms with Crippen molar-refractivity contribution in [3.8, 4) is 0 Å². The first kappa shape index (κ1) is 11.6. The SMILES string of the molecule is Cc1nc(C)c(CNC2CCCCCC2)o1. The summed E-state index contributed by atoms with van der Waals surface area (Å²) >= 11 is 0. The molecule has 1 aliphatic carbocycles. The van der Waals surface area contributed by atoms with Gasteiger partial charge in [0.15, 0.2) is 5.89 Å². The molecule has 0 saturated heterocycles. The summed E-state index contributed by atoms with van der Waals surface area (Å²) in [6.07, 6.45) is 8.16. The molecule has 1 saturated carbocycles. The minimum atomic E-state index is 0.673. The topological polar surface area (TPSA) is 38.1 Å². The van der Waals surface area contributed by atoms with Crippen LogP contribution in [0.3, 0.4) is 0 Å². The molecule has 0 aliphatic heterocycles. The van der Waals surface area contributed by atoms with Crippen LogP contribution in [0.25, 0.3) is 0 Å². The van der Waals surface area contributed by atoms with E-state index in [0.29, 0.717) is 6.04 Å². The molecule has 1 aromatic rings. The third kappa shape index (κ3) is 3.08. The zero-order valence-corrected chi connectivity index (χ0v) is 10.4. The van der Waals surface area contributed by atoms with Gasteiger partial charge in [-0.15, -0.1) is 0 Å². The van der Waals surface area contributed by atoms with Gasteiger partial charge in [0.25, 0.3) is 0 Å². The third-order valence-corrected chi connectivity index (χ3v) is 3.41. The lowest BCUT2D eigenvalue weighted by Crippen LogP contribution is -2.27. The molecule has 1 heterocycles. The quantitative estimate of drug-likeness (QED) is 0.799. The van der Waals surface area contributed by atoms with Crippen LogP contribution in [0.4, 0.5) is 0 Å². The van der Waals surface area contributed by atoms with E-state index in [9.17, 15) is 0 Å². The highest BCUT2D eigenvalue weighted by Crippen LogP contribution is 2.18. The maximum absolute atomic E-state index is 5.56. The Bertz CT molecular complexity index is 325. The lowest BCUT2D eigenvalue weighted by molar-refractivity contribution is 0.405. The van der Waals surface area contributed by atoms with E-state index in [2.05, 4.69) is 10.3 Å². The molecular weight excluding hydrogens is 200 g/mol. The molecule has 0 amide bonds. The van der Waals surface area contributed by atoms with Crippen LogP contribution < -0.4 is 5.32 Å². The van der Waals surface area contributed by atoms with Crippen molar-refractivity contribution in [1.82, 2.24) is 10.3 Å². The highest BCUT2D eigenvalue weighted by atomic mass is 16.4. The van der Waals surface area contributed by atoms with Crippen LogP contribution in [-0.4, -0.2) is 11.0 Å². The second-order valence-electron chi connectivity index (χ2n) is 4.81. The Morgan fingerprint density at radius 2 is 1.88 bits per heavy atom. The highest BCUT2D eigenvalue weighted by molar-refractivity contribution is 5.07. The first-order valence-corrected chi connectivity index (χ1v) is 6.42. The van der Waals surface area contributed by atoms with Crippen molar-refractivity contribution in [1.29, 1.82) is 0 Å². The molecule has 3 heteroatoms. The maximum Gasteiger partial charge on any atom is 0.191 e. The molecule has 1 aromatic heterocycles. The number of rotatable bonds is 3. The summed E-state index contributed by atoms with van der Waals surface area (Å²) in [4.78, 5) is 4.29. The smallest absolute Gasteiger partial charge is 0.191 e. The Morgan fingerprint density at radius 3 is 2.44 bits per heavy atom. The van der Waals surface area contributed by atoms with Crippen molar-refractivity contribution in [2.24, 2.45) is 0 Å². The Hall–Kier alpha value is -0.830. The maximum atomic E-state index is 5.56. The second-order valence-corrected chi connectivity index (χ2v) is 4.81. The van der Waals surface area contributed by atoms with E-state index in [1.165, 1.54) is 38.5 Å². The molecule has 16 heavy (non-hydrogen) atoms. The van der Waals surface area contributed by atoms with Gasteiger partial charge in [0, 0.05) is 13.0 Å². The van der Waals surface area contributed by atoms with Crippen LogP contribution in [0, 0.1) is 13.8 Å². The molecule has 1 aliphatic rings. The van der Waals surface area contributed by atoms with Crippen molar-refractivity contribution in [2.45, 2.75) is 65.0 Å². The first-order valence-electron chi connectivity index (χ1n) is 6.42. The van der Waals surface area contributed by atoms with Gasteiger partial charge in [-0.3, -0.25) is 0 Å². The van der Waals surface area contributed by atoms with E-state index in [4.69, 9.17) is 4.42 Å². The number of nitrogens with one attached hydrogen (secondary N) is 1. The fourth-order valence-electron chi connectivity index (χ4n) is 2.46. The largest absolute Gasteiger partial charge is 0.444 e. The fourth-order valence-corrected chi connectivity index (χ4v) is 2.46. The van der Waals surface area contributed by atoms with Crippen molar-refractivity contribution in [3.63, 3.8) is 0 Å². The monoisotopic (exact) mass is 222 g/mol. The predicted octanol–water partition coefficient (Wildman–Crippen LogP) is 3.10. The summed E-state index contributed by atoms with van der Waals surface area (Å²) < 4.78 is 5.56. The summed E-state index contributed by atoms with van der Waals surface area (Å²) in [7, 11) is 0. The molecule has 0 atom stereocenters. The summed E-state index contributed by atoms with van der Waals surface area (Å²) in [5.74, 6) is 1.77. The van der Waals surface area contributed by atoms with Crippen LogP contribution in [0.2, 0.25) is 0 Å². The van der Waals surface area contributed by atoms with Crippen molar-refractivity contribution in [2.75, 3.05) is 0 Å². The van der Waals surface area contributed by atoms with E-state index >= 15 is 0 Å². The van der Waals surface area contributed by atoms with Crippen molar-refractivity contribution in [3.05, 3.63) is 17.3 Å². The van der Waals surface area contributed by atoms with Gasteiger partial charge in [-0.25, -0.2) is 4.98 Å². The Kier molecular flexibility index (Phi) is 3.99. The van der Waals surface area contributed by atoms with E-state index < -0.39 is 0 Å². The molecule has 0 spiro atoms. The Morgan fingerprint density at radius 1 is 1.19 bits per heavy atom. The van der Waals surface area contributed by atoms with Crippen LogP contribution in [0.5, 0.6) is 0 Å². The summed E-state index contributed by atoms with van der Waals surface area (Å²) in [6, 6.07) is 0.673. The van der Waals surface area contributed by atoms with E-state index in [0.717, 1.165) is 23.9 Å². The van der Waals surface area contributed by atoms with E-state index in [1.54, 1.807) is 0 Å². The minimum Gasteiger partial charge on any atom is -0.444 e. The Labute approximate surface area is 97.6 Å². The molecule has 1 fully saturated rings. The summed E-state index contributed by atoms with van der Waals surface area (Å²) in [5, 5.41) is 3.60. The number of hydrogen-bond acceptors (Lipinski definition) is 3. The van der Waals surface area contributed by atoms with Crippen molar-refractivity contribution >= 4 is 0 Å². The zero-order chi connectivity index (χ0) is 11.4. The summed E-state index contributed by atoms with van der Waals surface area (Å²) in [6.45, 7) is 4.75. The van der Waals surface area contributed by atoms with E-state index in [-0.39, 0.29) is 0 Å². The first-order chi connectivity index (χ1) is 7.75. The molecule has 0 radical (unpaired) electrons. The molecule has 3 nitrogen and oxygen atoms in total. The predicted molar refractivity (Wildman–Crippen MR) is 64.3 cm³/mol. The van der Waals surface area contributed by atoms with Gasteiger partial charge in [-0.1, -0.05) is 25.7 Å². The van der Waals surface area contributed by atoms with Crippen molar-refractivity contribution < 1.29 is 4.42 Å².